The zero-order chi connectivity index (χ0) is 16.1. The summed E-state index contributed by atoms with van der Waals surface area (Å²) in [5, 5.41) is 7.74. The van der Waals surface area contributed by atoms with Gasteiger partial charge in [-0.05, 0) is 42.7 Å². The highest BCUT2D eigenvalue weighted by molar-refractivity contribution is 5.90. The lowest BCUT2D eigenvalue weighted by molar-refractivity contribution is 0.970. The molecule has 0 atom stereocenters. The monoisotopic (exact) mass is 306 g/mol. The molecule has 0 spiro atoms. The van der Waals surface area contributed by atoms with Crippen LogP contribution in [0.4, 0.5) is 17.5 Å². The van der Waals surface area contributed by atoms with Gasteiger partial charge in [-0.1, -0.05) is 38.1 Å². The predicted octanol–water partition coefficient (Wildman–Crippen LogP) is 4.76. The standard InChI is InChI=1S/C19H22N4/c1-3-13-20-18-16-7-5-6-8-17(16)22-19(23-18)21-15-11-9-14(4-2)10-12-15/h5-12H,3-4,13H2,1-2H3,(H2,20,21,22,23). The molecular formula is C19H22N4. The van der Waals surface area contributed by atoms with Gasteiger partial charge in [-0.3, -0.25) is 0 Å². The van der Waals surface area contributed by atoms with Crippen molar-refractivity contribution < 1.29 is 0 Å². The van der Waals surface area contributed by atoms with Crippen LogP contribution in [0.25, 0.3) is 10.9 Å². The van der Waals surface area contributed by atoms with E-state index in [2.05, 4.69) is 58.7 Å². The van der Waals surface area contributed by atoms with Crippen LogP contribution in [0, 0.1) is 0 Å². The number of hydrogen-bond donors (Lipinski definition) is 2. The Labute approximate surface area is 137 Å². The van der Waals surface area contributed by atoms with E-state index in [-0.39, 0.29) is 0 Å². The maximum absolute atomic E-state index is 4.64. The first-order valence-corrected chi connectivity index (χ1v) is 8.16. The maximum Gasteiger partial charge on any atom is 0.229 e. The first-order chi connectivity index (χ1) is 11.3. The molecule has 0 aliphatic carbocycles. The third-order valence-electron chi connectivity index (χ3n) is 3.76. The normalized spacial score (nSPS) is 10.7. The summed E-state index contributed by atoms with van der Waals surface area (Å²) < 4.78 is 0. The summed E-state index contributed by atoms with van der Waals surface area (Å²) >= 11 is 0. The molecule has 118 valence electrons. The van der Waals surface area contributed by atoms with Crippen LogP contribution in [0.2, 0.25) is 0 Å². The van der Waals surface area contributed by atoms with E-state index >= 15 is 0 Å². The molecule has 0 aliphatic rings. The Morgan fingerprint density at radius 2 is 1.70 bits per heavy atom. The number of nitrogens with zero attached hydrogens (tertiary/aromatic N) is 2. The molecule has 0 unspecified atom stereocenters. The van der Waals surface area contributed by atoms with E-state index in [1.54, 1.807) is 0 Å². The van der Waals surface area contributed by atoms with Crippen molar-refractivity contribution in [2.75, 3.05) is 17.2 Å². The van der Waals surface area contributed by atoms with Gasteiger partial charge in [-0.25, -0.2) is 4.98 Å². The zero-order valence-corrected chi connectivity index (χ0v) is 13.6. The first kappa shape index (κ1) is 15.3. The Hall–Kier alpha value is -2.62. The highest BCUT2D eigenvalue weighted by Crippen LogP contribution is 2.23. The minimum absolute atomic E-state index is 0.617. The van der Waals surface area contributed by atoms with Crippen LogP contribution < -0.4 is 10.6 Å². The van der Waals surface area contributed by atoms with Crippen molar-refractivity contribution in [3.05, 3.63) is 54.1 Å². The molecule has 0 aliphatic heterocycles. The van der Waals surface area contributed by atoms with Crippen LogP contribution in [-0.4, -0.2) is 16.5 Å². The minimum Gasteiger partial charge on any atom is -0.369 e. The van der Waals surface area contributed by atoms with Crippen LogP contribution in [0.1, 0.15) is 25.8 Å². The lowest BCUT2D eigenvalue weighted by Crippen LogP contribution is -2.06. The van der Waals surface area contributed by atoms with E-state index in [0.717, 1.165) is 41.8 Å². The third-order valence-corrected chi connectivity index (χ3v) is 3.76. The first-order valence-electron chi connectivity index (χ1n) is 8.16. The van der Waals surface area contributed by atoms with Crippen LogP contribution in [0.3, 0.4) is 0 Å². The van der Waals surface area contributed by atoms with Crippen molar-refractivity contribution >= 4 is 28.4 Å². The van der Waals surface area contributed by atoms with Crippen molar-refractivity contribution in [1.82, 2.24) is 9.97 Å². The molecule has 4 heteroatoms. The Bertz CT molecular complexity index is 781. The molecule has 2 aromatic carbocycles. The highest BCUT2D eigenvalue weighted by Gasteiger charge is 2.07. The molecule has 1 aromatic heterocycles. The molecule has 0 radical (unpaired) electrons. The number of nitrogens with one attached hydrogen (secondary N) is 2. The van der Waals surface area contributed by atoms with Crippen molar-refractivity contribution in [2.45, 2.75) is 26.7 Å². The van der Waals surface area contributed by atoms with Crippen molar-refractivity contribution in [3.8, 4) is 0 Å². The van der Waals surface area contributed by atoms with E-state index in [1.165, 1.54) is 5.56 Å². The van der Waals surface area contributed by atoms with Gasteiger partial charge in [0, 0.05) is 17.6 Å². The Morgan fingerprint density at radius 1 is 0.913 bits per heavy atom. The van der Waals surface area contributed by atoms with Crippen LogP contribution >= 0.6 is 0 Å². The maximum atomic E-state index is 4.64. The van der Waals surface area contributed by atoms with Crippen molar-refractivity contribution in [2.24, 2.45) is 0 Å². The summed E-state index contributed by atoms with van der Waals surface area (Å²) in [5.41, 5.74) is 3.26. The van der Waals surface area contributed by atoms with Gasteiger partial charge in [0.1, 0.15) is 5.82 Å². The second kappa shape index (κ2) is 7.09. The summed E-state index contributed by atoms with van der Waals surface area (Å²) in [6.07, 6.45) is 2.09. The molecule has 0 amide bonds. The second-order valence-electron chi connectivity index (χ2n) is 5.52. The largest absolute Gasteiger partial charge is 0.369 e. The van der Waals surface area contributed by atoms with E-state index in [9.17, 15) is 0 Å². The molecular weight excluding hydrogens is 284 g/mol. The molecule has 23 heavy (non-hydrogen) atoms. The Kier molecular flexibility index (Phi) is 4.71. The minimum atomic E-state index is 0.617. The number of para-hydroxylation sites is 1. The van der Waals surface area contributed by atoms with Gasteiger partial charge < -0.3 is 10.6 Å². The molecule has 0 fully saturated rings. The fourth-order valence-electron chi connectivity index (χ4n) is 2.46. The number of fused-ring (bicyclic) bond motifs is 1. The fourth-order valence-corrected chi connectivity index (χ4v) is 2.46. The quantitative estimate of drug-likeness (QED) is 0.689. The predicted molar refractivity (Wildman–Crippen MR) is 97.4 cm³/mol. The molecule has 2 N–H and O–H groups in total. The van der Waals surface area contributed by atoms with Gasteiger partial charge >= 0.3 is 0 Å². The van der Waals surface area contributed by atoms with E-state index in [0.29, 0.717) is 5.95 Å². The van der Waals surface area contributed by atoms with Crippen LogP contribution in [-0.2, 0) is 6.42 Å². The number of rotatable bonds is 6. The summed E-state index contributed by atoms with van der Waals surface area (Å²) in [4.78, 5) is 9.26. The summed E-state index contributed by atoms with van der Waals surface area (Å²) in [5.74, 6) is 1.50. The number of benzene rings is 2. The highest BCUT2D eigenvalue weighted by atomic mass is 15.1. The molecule has 3 aromatic rings. The van der Waals surface area contributed by atoms with E-state index < -0.39 is 0 Å². The summed E-state index contributed by atoms with van der Waals surface area (Å²) in [6, 6.07) is 16.5. The smallest absolute Gasteiger partial charge is 0.229 e. The average molecular weight is 306 g/mol. The Morgan fingerprint density at radius 3 is 2.43 bits per heavy atom. The summed E-state index contributed by atoms with van der Waals surface area (Å²) in [6.45, 7) is 5.19. The molecule has 3 rings (SSSR count). The van der Waals surface area contributed by atoms with Crippen LogP contribution in [0.5, 0.6) is 0 Å². The van der Waals surface area contributed by atoms with Gasteiger partial charge in [0.05, 0.1) is 5.52 Å². The van der Waals surface area contributed by atoms with E-state index in [1.807, 2.05) is 24.3 Å². The van der Waals surface area contributed by atoms with Gasteiger partial charge in [0.25, 0.3) is 0 Å². The molecule has 0 saturated heterocycles. The molecule has 4 nitrogen and oxygen atoms in total. The van der Waals surface area contributed by atoms with Crippen LogP contribution in [0.15, 0.2) is 48.5 Å². The van der Waals surface area contributed by atoms with Gasteiger partial charge in [0.15, 0.2) is 0 Å². The molecule has 0 saturated carbocycles. The molecule has 1 heterocycles. The number of hydrogen-bond acceptors (Lipinski definition) is 4. The lowest BCUT2D eigenvalue weighted by atomic mass is 10.1. The topological polar surface area (TPSA) is 49.8 Å². The number of anilines is 3. The van der Waals surface area contributed by atoms with Gasteiger partial charge in [-0.15, -0.1) is 0 Å². The zero-order valence-electron chi connectivity index (χ0n) is 13.6. The van der Waals surface area contributed by atoms with Gasteiger partial charge in [-0.2, -0.15) is 4.98 Å². The number of aryl methyl sites for hydroxylation is 1. The van der Waals surface area contributed by atoms with Crippen molar-refractivity contribution in [1.29, 1.82) is 0 Å². The average Bonchev–Trinajstić information content (AvgIpc) is 2.60. The van der Waals surface area contributed by atoms with Crippen molar-refractivity contribution in [3.63, 3.8) is 0 Å². The number of aromatic nitrogens is 2. The molecule has 0 bridgehead atoms. The third kappa shape index (κ3) is 3.59. The SMILES string of the molecule is CCCNc1nc(Nc2ccc(CC)cc2)nc2ccccc12. The van der Waals surface area contributed by atoms with Gasteiger partial charge in [0.2, 0.25) is 5.95 Å². The Balaban J connectivity index is 1.93. The lowest BCUT2D eigenvalue weighted by Gasteiger charge is -2.11. The summed E-state index contributed by atoms with van der Waals surface area (Å²) in [7, 11) is 0. The second-order valence-corrected chi connectivity index (χ2v) is 5.52. The van der Waals surface area contributed by atoms with E-state index in [4.69, 9.17) is 0 Å². The fraction of sp³-hybridized carbons (Fsp3) is 0.263.